The minimum Gasteiger partial charge on any atom is -0.336 e. The van der Waals surface area contributed by atoms with Crippen LogP contribution >= 0.6 is 11.6 Å². The molecule has 1 aromatic carbocycles. The molecular formula is C16H15ClFN7. The molecule has 2 aliphatic rings. The summed E-state index contributed by atoms with van der Waals surface area (Å²) in [6.07, 6.45) is 4.34. The highest BCUT2D eigenvalue weighted by Gasteiger charge is 2.42. The van der Waals surface area contributed by atoms with Gasteiger partial charge in [0, 0.05) is 36.6 Å². The molecule has 7 nitrogen and oxygen atoms in total. The maximum absolute atomic E-state index is 14.3. The molecule has 0 radical (unpaired) electrons. The number of aromatic nitrogens is 4. The molecule has 2 saturated heterocycles. The van der Waals surface area contributed by atoms with E-state index in [4.69, 9.17) is 11.6 Å². The molecule has 2 aromatic heterocycles. The summed E-state index contributed by atoms with van der Waals surface area (Å²) in [6.45, 7) is 1.86. The molecule has 4 heterocycles. The van der Waals surface area contributed by atoms with Crippen LogP contribution in [0.4, 0.5) is 21.8 Å². The second-order valence-corrected chi connectivity index (χ2v) is 6.80. The summed E-state index contributed by atoms with van der Waals surface area (Å²) < 4.78 is 14.3. The summed E-state index contributed by atoms with van der Waals surface area (Å²) in [5, 5.41) is 14.2. The summed E-state index contributed by atoms with van der Waals surface area (Å²) in [5.41, 5.74) is 0.935. The molecule has 0 saturated carbocycles. The fourth-order valence-electron chi connectivity index (χ4n) is 3.57. The average molecular weight is 360 g/mol. The highest BCUT2D eigenvalue weighted by atomic mass is 35.5. The van der Waals surface area contributed by atoms with Gasteiger partial charge in [-0.25, -0.2) is 9.37 Å². The molecular weight excluding hydrogens is 345 g/mol. The van der Waals surface area contributed by atoms with Gasteiger partial charge < -0.3 is 15.5 Å². The van der Waals surface area contributed by atoms with Crippen LogP contribution in [-0.4, -0.2) is 45.3 Å². The highest BCUT2D eigenvalue weighted by Crippen LogP contribution is 2.34. The van der Waals surface area contributed by atoms with E-state index in [1.54, 1.807) is 18.5 Å². The zero-order valence-corrected chi connectivity index (χ0v) is 13.9. The Morgan fingerprint density at radius 1 is 1.24 bits per heavy atom. The molecule has 2 bridgehead atoms. The molecule has 2 fully saturated rings. The number of nitrogens with one attached hydrogen (secondary N) is 3. The summed E-state index contributed by atoms with van der Waals surface area (Å²) in [6, 6.07) is 3.89. The van der Waals surface area contributed by atoms with Crippen LogP contribution in [-0.2, 0) is 0 Å². The van der Waals surface area contributed by atoms with E-state index in [2.05, 4.69) is 35.7 Å². The van der Waals surface area contributed by atoms with Crippen LogP contribution in [0, 0.1) is 5.82 Å². The zero-order chi connectivity index (χ0) is 17.0. The molecule has 3 N–H and O–H groups in total. The summed E-state index contributed by atoms with van der Waals surface area (Å²) >= 11 is 6.22. The van der Waals surface area contributed by atoms with Crippen molar-refractivity contribution < 1.29 is 4.39 Å². The van der Waals surface area contributed by atoms with Gasteiger partial charge in [0.05, 0.1) is 23.6 Å². The molecule has 5 rings (SSSR count). The smallest absolute Gasteiger partial charge is 0.227 e. The zero-order valence-electron chi connectivity index (χ0n) is 13.1. The third-order valence-corrected chi connectivity index (χ3v) is 5.11. The van der Waals surface area contributed by atoms with Crippen LogP contribution in [0.15, 0.2) is 24.5 Å². The number of aromatic amines is 1. The van der Waals surface area contributed by atoms with Crippen molar-refractivity contribution >= 4 is 40.0 Å². The van der Waals surface area contributed by atoms with Gasteiger partial charge in [0.2, 0.25) is 5.95 Å². The number of hydrogen-bond donors (Lipinski definition) is 3. The third kappa shape index (κ3) is 2.40. The lowest BCUT2D eigenvalue weighted by molar-refractivity contribution is 0.258. The van der Waals surface area contributed by atoms with Crippen LogP contribution in [0.5, 0.6) is 0 Å². The molecule has 2 atom stereocenters. The number of piperidine rings is 1. The molecule has 128 valence electrons. The van der Waals surface area contributed by atoms with E-state index in [9.17, 15) is 4.39 Å². The van der Waals surface area contributed by atoms with Crippen LogP contribution in [0.25, 0.3) is 10.9 Å². The van der Waals surface area contributed by atoms with Gasteiger partial charge in [-0.1, -0.05) is 11.6 Å². The Morgan fingerprint density at radius 2 is 2.08 bits per heavy atom. The fourth-order valence-corrected chi connectivity index (χ4v) is 3.70. The van der Waals surface area contributed by atoms with E-state index in [0.29, 0.717) is 40.1 Å². The number of hydrogen-bond acceptors (Lipinski definition) is 6. The van der Waals surface area contributed by atoms with Crippen molar-refractivity contribution in [2.45, 2.75) is 18.5 Å². The predicted molar refractivity (Wildman–Crippen MR) is 93.9 cm³/mol. The van der Waals surface area contributed by atoms with Crippen molar-refractivity contribution in [3.05, 3.63) is 35.4 Å². The predicted octanol–water partition coefficient (Wildman–Crippen LogP) is 2.44. The second kappa shape index (κ2) is 5.53. The molecule has 0 aliphatic carbocycles. The number of fused-ring (bicyclic) bond motifs is 3. The first-order valence-corrected chi connectivity index (χ1v) is 8.48. The van der Waals surface area contributed by atoms with Crippen LogP contribution in [0.2, 0.25) is 5.02 Å². The first kappa shape index (κ1) is 14.9. The highest BCUT2D eigenvalue weighted by molar-refractivity contribution is 6.32. The van der Waals surface area contributed by atoms with E-state index in [1.807, 2.05) is 0 Å². The number of rotatable bonds is 3. The lowest BCUT2D eigenvalue weighted by Gasteiger charge is -2.53. The van der Waals surface area contributed by atoms with Gasteiger partial charge in [-0.3, -0.25) is 5.10 Å². The van der Waals surface area contributed by atoms with Crippen molar-refractivity contribution in [2.75, 3.05) is 23.3 Å². The van der Waals surface area contributed by atoms with E-state index in [-0.39, 0.29) is 0 Å². The first-order valence-electron chi connectivity index (χ1n) is 8.10. The SMILES string of the molecule is Fc1cc2[nH]ncc2cc1Nc1nc(N2C3CNCC2C3)ncc1Cl. The fraction of sp³-hybridized carbons (Fsp3) is 0.312. The topological polar surface area (TPSA) is 81.8 Å². The lowest BCUT2D eigenvalue weighted by Crippen LogP contribution is -2.68. The number of piperazine rings is 1. The van der Waals surface area contributed by atoms with E-state index < -0.39 is 5.82 Å². The van der Waals surface area contributed by atoms with Crippen LogP contribution in [0.3, 0.4) is 0 Å². The van der Waals surface area contributed by atoms with Crippen molar-refractivity contribution in [1.82, 2.24) is 25.5 Å². The normalized spacial score (nSPS) is 22.1. The van der Waals surface area contributed by atoms with E-state index in [0.717, 1.165) is 24.9 Å². The number of halogens is 2. The minimum absolute atomic E-state index is 0.297. The quantitative estimate of drug-likeness (QED) is 0.666. The summed E-state index contributed by atoms with van der Waals surface area (Å²) in [4.78, 5) is 11.1. The van der Waals surface area contributed by atoms with Crippen molar-refractivity contribution in [2.24, 2.45) is 0 Å². The number of H-pyrrole nitrogens is 1. The van der Waals surface area contributed by atoms with Gasteiger partial charge in [0.1, 0.15) is 10.8 Å². The number of anilines is 3. The largest absolute Gasteiger partial charge is 0.336 e. The Kier molecular flexibility index (Phi) is 3.29. The number of benzene rings is 1. The molecule has 0 spiro atoms. The van der Waals surface area contributed by atoms with Gasteiger partial charge in [-0.05, 0) is 12.5 Å². The molecule has 3 aromatic rings. The first-order chi connectivity index (χ1) is 12.2. The molecule has 25 heavy (non-hydrogen) atoms. The van der Waals surface area contributed by atoms with Gasteiger partial charge in [0.25, 0.3) is 0 Å². The average Bonchev–Trinajstić information content (AvgIpc) is 3.05. The molecule has 0 amide bonds. The number of nitrogens with zero attached hydrogens (tertiary/aromatic N) is 4. The maximum atomic E-state index is 14.3. The van der Waals surface area contributed by atoms with Gasteiger partial charge in [0.15, 0.2) is 5.82 Å². The maximum Gasteiger partial charge on any atom is 0.227 e. The van der Waals surface area contributed by atoms with Gasteiger partial charge in [-0.2, -0.15) is 10.1 Å². The lowest BCUT2D eigenvalue weighted by atomic mass is 9.89. The summed E-state index contributed by atoms with van der Waals surface area (Å²) in [7, 11) is 0. The molecule has 2 aliphatic heterocycles. The van der Waals surface area contributed by atoms with Crippen LogP contribution in [0.1, 0.15) is 6.42 Å². The Bertz CT molecular complexity index is 945. The van der Waals surface area contributed by atoms with Crippen molar-refractivity contribution in [3.63, 3.8) is 0 Å². The van der Waals surface area contributed by atoms with Crippen molar-refractivity contribution in [3.8, 4) is 0 Å². The molecule has 9 heteroatoms. The van der Waals surface area contributed by atoms with Gasteiger partial charge >= 0.3 is 0 Å². The Morgan fingerprint density at radius 3 is 2.88 bits per heavy atom. The van der Waals surface area contributed by atoms with Crippen molar-refractivity contribution in [1.29, 1.82) is 0 Å². The van der Waals surface area contributed by atoms with Gasteiger partial charge in [-0.15, -0.1) is 0 Å². The monoisotopic (exact) mass is 359 g/mol. The Balaban J connectivity index is 1.48. The molecule has 2 unspecified atom stereocenters. The standard InChI is InChI=1S/C16H15ClFN7/c17-11-7-20-16(25-9-2-10(25)6-19-5-9)23-15(11)22-14-1-8-4-21-24-13(8)3-12(14)18/h1,3-4,7,9-10,19H,2,5-6H2,(H,21,24)(H,20,22,23). The second-order valence-electron chi connectivity index (χ2n) is 6.39. The minimum atomic E-state index is -0.405. The Labute approximate surface area is 147 Å². The van der Waals surface area contributed by atoms with E-state index >= 15 is 0 Å². The van der Waals surface area contributed by atoms with Crippen LogP contribution < -0.4 is 15.5 Å². The Hall–Kier alpha value is -2.45. The third-order valence-electron chi connectivity index (χ3n) is 4.83. The van der Waals surface area contributed by atoms with E-state index in [1.165, 1.54) is 6.07 Å². The summed E-state index contributed by atoms with van der Waals surface area (Å²) in [5.74, 6) is 0.615.